The van der Waals surface area contributed by atoms with Crippen LogP contribution in [0.5, 0.6) is 11.5 Å². The Hall–Kier alpha value is -3.33. The summed E-state index contributed by atoms with van der Waals surface area (Å²) >= 11 is 6.07. The third-order valence-corrected chi connectivity index (χ3v) is 3.69. The van der Waals surface area contributed by atoms with E-state index in [1.54, 1.807) is 31.2 Å². The molecule has 0 spiro atoms. The topological polar surface area (TPSA) is 121 Å². The number of allylic oxidation sites excluding steroid dienone is 1. The van der Waals surface area contributed by atoms with Crippen molar-refractivity contribution in [1.82, 2.24) is 20.4 Å². The standard InChI is InChI=1S/C17H17ClN6O3/c1-9(2)27-17(10-4-5-11(18)12(6-10)25-3)20-8-26-13-7-14(19)21-16-15(13)22-24-23-16/h4-7H,1,8H2,2-3H3,(H3,19,21,22,23,24)/b20-17-. The molecule has 0 saturated heterocycles. The zero-order valence-electron chi connectivity index (χ0n) is 14.7. The highest BCUT2D eigenvalue weighted by Crippen LogP contribution is 2.26. The van der Waals surface area contributed by atoms with E-state index in [1.807, 2.05) is 0 Å². The summed E-state index contributed by atoms with van der Waals surface area (Å²) in [5.74, 6) is 1.94. The van der Waals surface area contributed by atoms with Crippen LogP contribution in [0.2, 0.25) is 5.02 Å². The summed E-state index contributed by atoms with van der Waals surface area (Å²) in [5, 5.41) is 10.7. The maximum absolute atomic E-state index is 6.07. The Kier molecular flexibility index (Phi) is 5.41. The molecule has 3 rings (SSSR count). The lowest BCUT2D eigenvalue weighted by molar-refractivity contribution is 0.325. The Bertz CT molecular complexity index is 1020. The lowest BCUT2D eigenvalue weighted by Gasteiger charge is -2.11. The Morgan fingerprint density at radius 1 is 1.33 bits per heavy atom. The molecule has 0 radical (unpaired) electrons. The molecule has 9 nitrogen and oxygen atoms in total. The second-order valence-corrected chi connectivity index (χ2v) is 5.85. The van der Waals surface area contributed by atoms with Crippen LogP contribution in [0.3, 0.4) is 0 Å². The molecular formula is C17H17ClN6O3. The lowest BCUT2D eigenvalue weighted by Crippen LogP contribution is -2.09. The van der Waals surface area contributed by atoms with E-state index in [0.717, 1.165) is 0 Å². The molecule has 0 saturated carbocycles. The van der Waals surface area contributed by atoms with Crippen LogP contribution < -0.4 is 15.2 Å². The molecule has 0 unspecified atom stereocenters. The number of pyridine rings is 1. The van der Waals surface area contributed by atoms with E-state index in [4.69, 9.17) is 31.5 Å². The van der Waals surface area contributed by atoms with Crippen LogP contribution in [0.15, 0.2) is 41.6 Å². The molecule has 0 aliphatic rings. The maximum Gasteiger partial charge on any atom is 0.224 e. The largest absolute Gasteiger partial charge is 0.495 e. The van der Waals surface area contributed by atoms with Crippen molar-refractivity contribution in [3.8, 4) is 11.5 Å². The highest BCUT2D eigenvalue weighted by atomic mass is 35.5. The molecule has 1 aromatic carbocycles. The highest BCUT2D eigenvalue weighted by Gasteiger charge is 2.12. The zero-order valence-corrected chi connectivity index (χ0v) is 15.4. The molecule has 3 aromatic rings. The predicted octanol–water partition coefficient (Wildman–Crippen LogP) is 2.93. The highest BCUT2D eigenvalue weighted by molar-refractivity contribution is 6.32. The van der Waals surface area contributed by atoms with Gasteiger partial charge in [-0.05, 0) is 25.1 Å². The molecule has 27 heavy (non-hydrogen) atoms. The van der Waals surface area contributed by atoms with Crippen molar-refractivity contribution in [2.24, 2.45) is 4.99 Å². The van der Waals surface area contributed by atoms with Crippen molar-refractivity contribution in [2.45, 2.75) is 6.92 Å². The number of nitrogens with one attached hydrogen (secondary N) is 1. The monoisotopic (exact) mass is 388 g/mol. The number of aliphatic imine (C=N–C) groups is 1. The van der Waals surface area contributed by atoms with Gasteiger partial charge in [-0.3, -0.25) is 0 Å². The second kappa shape index (κ2) is 7.92. The molecule has 140 valence electrons. The number of rotatable bonds is 6. The van der Waals surface area contributed by atoms with Gasteiger partial charge in [-0.1, -0.05) is 23.4 Å². The first-order chi connectivity index (χ1) is 13.0. The molecule has 2 heterocycles. The van der Waals surface area contributed by atoms with E-state index < -0.39 is 0 Å². The second-order valence-electron chi connectivity index (χ2n) is 5.44. The quantitative estimate of drug-likeness (QED) is 0.378. The van der Waals surface area contributed by atoms with E-state index in [0.29, 0.717) is 44.9 Å². The number of benzene rings is 1. The van der Waals surface area contributed by atoms with Crippen molar-refractivity contribution >= 4 is 34.5 Å². The van der Waals surface area contributed by atoms with Crippen molar-refractivity contribution < 1.29 is 14.2 Å². The molecule has 10 heteroatoms. The third kappa shape index (κ3) is 4.26. The molecule has 2 aromatic heterocycles. The average molecular weight is 389 g/mol. The van der Waals surface area contributed by atoms with Gasteiger partial charge in [0.05, 0.1) is 17.9 Å². The first-order valence-corrected chi connectivity index (χ1v) is 8.17. The van der Waals surface area contributed by atoms with Crippen molar-refractivity contribution in [3.05, 3.63) is 47.2 Å². The van der Waals surface area contributed by atoms with Crippen molar-refractivity contribution in [1.29, 1.82) is 0 Å². The van der Waals surface area contributed by atoms with Crippen LogP contribution >= 0.6 is 11.6 Å². The summed E-state index contributed by atoms with van der Waals surface area (Å²) in [6, 6.07) is 6.71. The molecular weight excluding hydrogens is 372 g/mol. The lowest BCUT2D eigenvalue weighted by atomic mass is 10.2. The number of H-pyrrole nitrogens is 1. The van der Waals surface area contributed by atoms with Crippen molar-refractivity contribution in [2.75, 3.05) is 19.6 Å². The van der Waals surface area contributed by atoms with Crippen LogP contribution in [0, 0.1) is 0 Å². The minimum Gasteiger partial charge on any atom is -0.495 e. The minimum absolute atomic E-state index is 0.0566. The number of anilines is 1. The van der Waals surface area contributed by atoms with E-state index in [-0.39, 0.29) is 12.5 Å². The number of ether oxygens (including phenoxy) is 3. The van der Waals surface area contributed by atoms with Gasteiger partial charge in [0.1, 0.15) is 11.6 Å². The fraction of sp³-hybridized carbons (Fsp3) is 0.176. The van der Waals surface area contributed by atoms with Gasteiger partial charge in [-0.2, -0.15) is 0 Å². The molecule has 3 N–H and O–H groups in total. The number of nitrogen functional groups attached to an aromatic ring is 1. The van der Waals surface area contributed by atoms with Gasteiger partial charge >= 0.3 is 0 Å². The van der Waals surface area contributed by atoms with Crippen LogP contribution in [0.1, 0.15) is 12.5 Å². The summed E-state index contributed by atoms with van der Waals surface area (Å²) in [4.78, 5) is 8.42. The summed E-state index contributed by atoms with van der Waals surface area (Å²) in [6.07, 6.45) is 0. The number of aromatic amines is 1. The van der Waals surface area contributed by atoms with Gasteiger partial charge in [0, 0.05) is 11.6 Å². The van der Waals surface area contributed by atoms with Gasteiger partial charge in [-0.25, -0.2) is 15.1 Å². The van der Waals surface area contributed by atoms with Crippen LogP contribution in [-0.2, 0) is 4.74 Å². The Morgan fingerprint density at radius 3 is 2.89 bits per heavy atom. The minimum atomic E-state index is -0.0566. The Labute approximate surface area is 159 Å². The van der Waals surface area contributed by atoms with Crippen LogP contribution in [0.25, 0.3) is 11.2 Å². The van der Waals surface area contributed by atoms with E-state index in [1.165, 1.54) is 7.11 Å². The summed E-state index contributed by atoms with van der Waals surface area (Å²) in [5.41, 5.74) is 7.29. The smallest absolute Gasteiger partial charge is 0.224 e. The Balaban J connectivity index is 1.86. The first kappa shape index (κ1) is 18.5. The number of nitrogens with zero attached hydrogens (tertiary/aromatic N) is 4. The molecule has 0 aliphatic carbocycles. The number of aromatic nitrogens is 4. The molecule has 0 atom stereocenters. The summed E-state index contributed by atoms with van der Waals surface area (Å²) in [7, 11) is 1.53. The van der Waals surface area contributed by atoms with E-state index >= 15 is 0 Å². The number of halogens is 1. The number of methoxy groups -OCH3 is 1. The number of hydrogen-bond donors (Lipinski definition) is 2. The van der Waals surface area contributed by atoms with Gasteiger partial charge in [0.15, 0.2) is 23.6 Å². The average Bonchev–Trinajstić information content (AvgIpc) is 3.09. The number of nitrogens with two attached hydrogens (primary N) is 1. The molecule has 0 amide bonds. The molecule has 0 aliphatic heterocycles. The van der Waals surface area contributed by atoms with E-state index in [2.05, 4.69) is 32.0 Å². The fourth-order valence-corrected chi connectivity index (χ4v) is 2.44. The van der Waals surface area contributed by atoms with Gasteiger partial charge in [0.2, 0.25) is 5.90 Å². The number of fused-ring (bicyclic) bond motifs is 1. The van der Waals surface area contributed by atoms with Gasteiger partial charge < -0.3 is 19.9 Å². The summed E-state index contributed by atoms with van der Waals surface area (Å²) < 4.78 is 16.5. The zero-order chi connectivity index (χ0) is 19.4. The first-order valence-electron chi connectivity index (χ1n) is 7.79. The summed E-state index contributed by atoms with van der Waals surface area (Å²) in [6.45, 7) is 5.40. The van der Waals surface area contributed by atoms with Crippen molar-refractivity contribution in [3.63, 3.8) is 0 Å². The fourth-order valence-electron chi connectivity index (χ4n) is 2.24. The van der Waals surface area contributed by atoms with Gasteiger partial charge in [-0.15, -0.1) is 5.10 Å². The molecule has 0 bridgehead atoms. The Morgan fingerprint density at radius 2 is 2.15 bits per heavy atom. The SMILES string of the molecule is C=C(C)O/C(=N\COc1cc(N)nc2[nH]nnc12)c1ccc(Cl)c(OC)c1. The van der Waals surface area contributed by atoms with E-state index in [9.17, 15) is 0 Å². The van der Waals surface area contributed by atoms with Crippen LogP contribution in [-0.4, -0.2) is 40.1 Å². The van der Waals surface area contributed by atoms with Crippen LogP contribution in [0.4, 0.5) is 5.82 Å². The maximum atomic E-state index is 6.07. The molecule has 0 fully saturated rings. The number of hydrogen-bond acceptors (Lipinski definition) is 8. The predicted molar refractivity (Wildman–Crippen MR) is 102 cm³/mol. The third-order valence-electron chi connectivity index (χ3n) is 3.38. The normalized spacial score (nSPS) is 11.4. The van der Waals surface area contributed by atoms with Gasteiger partial charge in [0.25, 0.3) is 0 Å².